The molecule has 3 rings (SSSR count). The molecule has 2 aromatic carbocycles. The Morgan fingerprint density at radius 1 is 0.966 bits per heavy atom. The second-order valence-corrected chi connectivity index (χ2v) is 6.12. The molecule has 0 saturated carbocycles. The van der Waals surface area contributed by atoms with Crippen LogP contribution in [0.4, 0.5) is 4.39 Å². The highest BCUT2D eigenvalue weighted by atomic mass is 19.1. The lowest BCUT2D eigenvalue weighted by Gasteiger charge is -2.05. The molecule has 0 aliphatic heterocycles. The highest BCUT2D eigenvalue weighted by Gasteiger charge is 2.13. The molecule has 0 unspecified atom stereocenters. The number of esters is 2. The number of benzene rings is 2. The third-order valence-corrected chi connectivity index (χ3v) is 3.89. The average Bonchev–Trinajstić information content (AvgIpc) is 3.18. The molecule has 0 radical (unpaired) electrons. The molecule has 0 N–H and O–H groups in total. The van der Waals surface area contributed by atoms with Crippen LogP contribution in [-0.2, 0) is 9.59 Å². The second kappa shape index (κ2) is 8.39. The lowest BCUT2D eigenvalue weighted by atomic mass is 10.1. The van der Waals surface area contributed by atoms with Crippen LogP contribution in [0.25, 0.3) is 22.6 Å². The van der Waals surface area contributed by atoms with E-state index in [4.69, 9.17) is 13.9 Å². The summed E-state index contributed by atoms with van der Waals surface area (Å²) < 4.78 is 30.2. The number of rotatable bonds is 6. The summed E-state index contributed by atoms with van der Waals surface area (Å²) in [6.07, 6.45) is 0.995. The molecule has 0 aliphatic rings. The van der Waals surface area contributed by atoms with Gasteiger partial charge in [-0.25, -0.2) is 14.0 Å². The van der Waals surface area contributed by atoms with Crippen molar-refractivity contribution in [3.05, 3.63) is 85.2 Å². The van der Waals surface area contributed by atoms with Gasteiger partial charge >= 0.3 is 11.9 Å². The standard InChI is InChI=1S/C23H17FO5/c1-4-22(25)27-17-9-10-18(19(24)13-17)21-12-11-20(29-21)15-5-7-16(8-6-15)28-23(26)14(2)3/h4-13H,1-2H2,3H3. The molecule has 1 aromatic heterocycles. The number of ether oxygens (including phenoxy) is 2. The van der Waals surface area contributed by atoms with E-state index in [1.165, 1.54) is 12.1 Å². The Hall–Kier alpha value is -3.93. The minimum atomic E-state index is -0.671. The third kappa shape index (κ3) is 4.68. The zero-order chi connectivity index (χ0) is 21.0. The van der Waals surface area contributed by atoms with Crippen molar-refractivity contribution in [3.8, 4) is 34.1 Å². The SMILES string of the molecule is C=CC(=O)Oc1ccc(-c2ccc(-c3ccc(OC(=O)C(=C)C)cc3)o2)c(F)c1. The summed E-state index contributed by atoms with van der Waals surface area (Å²) in [5.74, 6) is -0.490. The molecular weight excluding hydrogens is 375 g/mol. The first-order valence-corrected chi connectivity index (χ1v) is 8.59. The number of hydrogen-bond acceptors (Lipinski definition) is 5. The molecule has 0 spiro atoms. The normalized spacial score (nSPS) is 10.3. The molecule has 29 heavy (non-hydrogen) atoms. The number of carbonyl (C=O) groups is 2. The molecule has 0 bridgehead atoms. The Bertz CT molecular complexity index is 1090. The Morgan fingerprint density at radius 2 is 1.62 bits per heavy atom. The fourth-order valence-electron chi connectivity index (χ4n) is 2.44. The molecule has 0 amide bonds. The van der Waals surface area contributed by atoms with Gasteiger partial charge in [-0.2, -0.15) is 0 Å². The van der Waals surface area contributed by atoms with Crippen molar-refractivity contribution in [2.75, 3.05) is 0 Å². The van der Waals surface area contributed by atoms with E-state index in [1.54, 1.807) is 43.3 Å². The third-order valence-electron chi connectivity index (χ3n) is 3.89. The van der Waals surface area contributed by atoms with Gasteiger partial charge in [-0.1, -0.05) is 13.2 Å². The van der Waals surface area contributed by atoms with Crippen molar-refractivity contribution >= 4 is 11.9 Å². The minimum Gasteiger partial charge on any atom is -0.456 e. The first kappa shape index (κ1) is 19.8. The maximum atomic E-state index is 14.4. The highest BCUT2D eigenvalue weighted by Crippen LogP contribution is 2.32. The quantitative estimate of drug-likeness (QED) is 0.322. The van der Waals surface area contributed by atoms with Crippen LogP contribution in [0.5, 0.6) is 11.5 Å². The summed E-state index contributed by atoms with van der Waals surface area (Å²) >= 11 is 0. The van der Waals surface area contributed by atoms with Gasteiger partial charge in [-0.3, -0.25) is 0 Å². The van der Waals surface area contributed by atoms with Gasteiger partial charge in [-0.15, -0.1) is 0 Å². The first-order chi connectivity index (χ1) is 13.9. The van der Waals surface area contributed by atoms with Crippen LogP contribution in [0.15, 0.2) is 83.8 Å². The molecule has 0 fully saturated rings. The minimum absolute atomic E-state index is 0.0721. The molecule has 146 valence electrons. The molecular formula is C23H17FO5. The molecule has 0 atom stereocenters. The lowest BCUT2D eigenvalue weighted by Crippen LogP contribution is -2.07. The van der Waals surface area contributed by atoms with Gasteiger partial charge in [0.2, 0.25) is 0 Å². The van der Waals surface area contributed by atoms with Crippen molar-refractivity contribution in [1.82, 2.24) is 0 Å². The number of halogens is 1. The van der Waals surface area contributed by atoms with Gasteiger partial charge in [0.05, 0.1) is 5.56 Å². The van der Waals surface area contributed by atoms with Crippen LogP contribution in [0.1, 0.15) is 6.92 Å². The van der Waals surface area contributed by atoms with E-state index in [0.717, 1.165) is 17.7 Å². The first-order valence-electron chi connectivity index (χ1n) is 8.59. The van der Waals surface area contributed by atoms with Crippen LogP contribution in [0.3, 0.4) is 0 Å². The van der Waals surface area contributed by atoms with Crippen LogP contribution in [0, 0.1) is 5.82 Å². The van der Waals surface area contributed by atoms with E-state index < -0.39 is 17.8 Å². The highest BCUT2D eigenvalue weighted by molar-refractivity contribution is 5.88. The summed E-state index contributed by atoms with van der Waals surface area (Å²) in [6, 6.07) is 14.1. The van der Waals surface area contributed by atoms with Crippen LogP contribution >= 0.6 is 0 Å². The Labute approximate surface area is 166 Å². The molecule has 0 saturated heterocycles. The van der Waals surface area contributed by atoms with Gasteiger partial charge in [0.15, 0.2) is 0 Å². The molecule has 5 nitrogen and oxygen atoms in total. The average molecular weight is 392 g/mol. The molecule has 0 aliphatic carbocycles. The largest absolute Gasteiger partial charge is 0.456 e. The van der Waals surface area contributed by atoms with E-state index in [1.807, 2.05) is 0 Å². The zero-order valence-corrected chi connectivity index (χ0v) is 15.6. The molecule has 6 heteroatoms. The van der Waals surface area contributed by atoms with E-state index in [9.17, 15) is 14.0 Å². The second-order valence-electron chi connectivity index (χ2n) is 6.12. The van der Waals surface area contributed by atoms with E-state index in [2.05, 4.69) is 13.2 Å². The monoisotopic (exact) mass is 392 g/mol. The smallest absolute Gasteiger partial charge is 0.338 e. The van der Waals surface area contributed by atoms with Crippen LogP contribution in [0.2, 0.25) is 0 Å². The predicted molar refractivity (Wildman–Crippen MR) is 106 cm³/mol. The lowest BCUT2D eigenvalue weighted by molar-refractivity contribution is -0.130. The van der Waals surface area contributed by atoms with E-state index in [-0.39, 0.29) is 11.3 Å². The number of hydrogen-bond donors (Lipinski definition) is 0. The van der Waals surface area contributed by atoms with E-state index >= 15 is 0 Å². The number of furan rings is 1. The van der Waals surface area contributed by atoms with Gasteiger partial charge in [-0.05, 0) is 55.5 Å². The summed E-state index contributed by atoms with van der Waals surface area (Å²) in [6.45, 7) is 8.39. The fourth-order valence-corrected chi connectivity index (χ4v) is 2.44. The summed E-state index contributed by atoms with van der Waals surface area (Å²) in [5, 5.41) is 0. The molecule has 1 heterocycles. The van der Waals surface area contributed by atoms with Crippen molar-refractivity contribution in [2.24, 2.45) is 0 Å². The Balaban J connectivity index is 1.78. The van der Waals surface area contributed by atoms with Gasteiger partial charge in [0.1, 0.15) is 28.8 Å². The van der Waals surface area contributed by atoms with Crippen molar-refractivity contribution < 1.29 is 27.9 Å². The van der Waals surface area contributed by atoms with E-state index in [0.29, 0.717) is 22.8 Å². The van der Waals surface area contributed by atoms with Gasteiger partial charge < -0.3 is 13.9 Å². The Morgan fingerprint density at radius 3 is 2.24 bits per heavy atom. The number of carbonyl (C=O) groups excluding carboxylic acids is 2. The van der Waals surface area contributed by atoms with Crippen molar-refractivity contribution in [2.45, 2.75) is 6.92 Å². The topological polar surface area (TPSA) is 65.7 Å². The fraction of sp³-hybridized carbons (Fsp3) is 0.0435. The zero-order valence-electron chi connectivity index (χ0n) is 15.6. The predicted octanol–water partition coefficient (Wildman–Crippen LogP) is 5.33. The summed E-state index contributed by atoms with van der Waals surface area (Å²) in [4.78, 5) is 22.8. The maximum Gasteiger partial charge on any atom is 0.338 e. The summed E-state index contributed by atoms with van der Waals surface area (Å²) in [7, 11) is 0. The maximum absolute atomic E-state index is 14.4. The van der Waals surface area contributed by atoms with Gasteiger partial charge in [0, 0.05) is 23.3 Å². The van der Waals surface area contributed by atoms with Crippen molar-refractivity contribution in [1.29, 1.82) is 0 Å². The van der Waals surface area contributed by atoms with Crippen LogP contribution < -0.4 is 9.47 Å². The van der Waals surface area contributed by atoms with Crippen LogP contribution in [-0.4, -0.2) is 11.9 Å². The van der Waals surface area contributed by atoms with Gasteiger partial charge in [0.25, 0.3) is 0 Å². The Kier molecular flexibility index (Phi) is 5.74. The molecule has 3 aromatic rings. The van der Waals surface area contributed by atoms with Crippen molar-refractivity contribution in [3.63, 3.8) is 0 Å². The summed E-state index contributed by atoms with van der Waals surface area (Å²) in [5.41, 5.74) is 1.25.